The molecule has 0 fully saturated rings. The third-order valence-electron chi connectivity index (χ3n) is 2.14. The zero-order chi connectivity index (χ0) is 13.4. The van der Waals surface area contributed by atoms with Crippen LogP contribution in [0.2, 0.25) is 0 Å². The summed E-state index contributed by atoms with van der Waals surface area (Å²) in [5.74, 6) is -1.22. The van der Waals surface area contributed by atoms with E-state index in [0.29, 0.717) is 10.2 Å². The minimum absolute atomic E-state index is 0.147. The quantitative estimate of drug-likeness (QED) is 0.778. The topological polar surface area (TPSA) is 120 Å². The maximum Gasteiger partial charge on any atom is 0.210 e. The predicted molar refractivity (Wildman–Crippen MR) is 67.4 cm³/mol. The van der Waals surface area contributed by atoms with Gasteiger partial charge in [0.15, 0.2) is 14.9 Å². The number of hydrogen-bond donors (Lipinski definition) is 1. The summed E-state index contributed by atoms with van der Waals surface area (Å²) in [4.78, 5) is 7.64. The molecule has 18 heavy (non-hydrogen) atoms. The van der Waals surface area contributed by atoms with Gasteiger partial charge >= 0.3 is 0 Å². The van der Waals surface area contributed by atoms with E-state index in [-0.39, 0.29) is 5.03 Å². The van der Waals surface area contributed by atoms with Crippen molar-refractivity contribution in [2.24, 2.45) is 5.14 Å². The van der Waals surface area contributed by atoms with Crippen LogP contribution in [-0.4, -0.2) is 38.3 Å². The van der Waals surface area contributed by atoms with E-state index in [2.05, 4.69) is 9.97 Å². The molecular weight excluding hydrogens is 298 g/mol. The van der Waals surface area contributed by atoms with Crippen LogP contribution in [0.3, 0.4) is 0 Å². The second-order valence-electron chi connectivity index (χ2n) is 3.50. The first kappa shape index (κ1) is 13.3. The number of nitrogens with zero attached hydrogens (tertiary/aromatic N) is 2. The molecular formula is C8H9N3O4S3. The Bertz CT molecular complexity index is 779. The molecule has 2 rings (SSSR count). The minimum Gasteiger partial charge on any atom is -0.235 e. The Labute approximate surface area is 108 Å². The number of sulfonamides is 1. The minimum atomic E-state index is -3.82. The van der Waals surface area contributed by atoms with E-state index in [1.807, 2.05) is 0 Å². The third kappa shape index (κ3) is 2.83. The highest BCUT2D eigenvalue weighted by Crippen LogP contribution is 2.25. The van der Waals surface area contributed by atoms with E-state index < -0.39 is 31.4 Å². The van der Waals surface area contributed by atoms with Crippen molar-refractivity contribution >= 4 is 41.4 Å². The van der Waals surface area contributed by atoms with Crippen LogP contribution < -0.4 is 5.14 Å². The van der Waals surface area contributed by atoms with E-state index in [9.17, 15) is 16.8 Å². The molecule has 0 atom stereocenters. The molecule has 7 nitrogen and oxygen atoms in total. The lowest BCUT2D eigenvalue weighted by molar-refractivity contribution is 0.587. The lowest BCUT2D eigenvalue weighted by Gasteiger charge is -2.03. The van der Waals surface area contributed by atoms with Crippen molar-refractivity contribution in [3.05, 3.63) is 17.8 Å². The highest BCUT2D eigenvalue weighted by molar-refractivity contribution is 7.94. The van der Waals surface area contributed by atoms with Gasteiger partial charge in [0, 0.05) is 0 Å². The van der Waals surface area contributed by atoms with Crippen molar-refractivity contribution in [2.45, 2.75) is 5.03 Å². The van der Waals surface area contributed by atoms with Gasteiger partial charge in [-0.3, -0.25) is 0 Å². The molecule has 2 N–H and O–H groups in total. The summed E-state index contributed by atoms with van der Waals surface area (Å²) < 4.78 is 46.0. The number of fused-ring (bicyclic) bond motifs is 1. The monoisotopic (exact) mass is 307 g/mol. The van der Waals surface area contributed by atoms with Gasteiger partial charge in [0.2, 0.25) is 10.0 Å². The van der Waals surface area contributed by atoms with Crippen LogP contribution in [0.1, 0.15) is 0 Å². The molecule has 0 aliphatic carbocycles. The maximum absolute atomic E-state index is 12.0. The summed E-state index contributed by atoms with van der Waals surface area (Å²) in [6.07, 6.45) is 1.14. The predicted octanol–water partition coefficient (Wildman–Crippen LogP) is -0.246. The fraction of sp³-hybridized carbons (Fsp3) is 0.250. The summed E-state index contributed by atoms with van der Waals surface area (Å²) in [7, 11) is -7.61. The number of rotatable bonds is 4. The number of sulfone groups is 1. The van der Waals surface area contributed by atoms with E-state index in [0.717, 1.165) is 6.33 Å². The standard InChI is InChI=1S/C8H9N3O4S3/c9-18(14,15)4-3-17(12,13)8-7-6(1-2-16-7)10-5-11-8/h1-2,5H,3-4H2,(H2,9,14,15). The normalized spacial score (nSPS) is 12.9. The Kier molecular flexibility index (Phi) is 3.36. The molecule has 0 spiro atoms. The molecule has 98 valence electrons. The van der Waals surface area contributed by atoms with Gasteiger partial charge in [-0.2, -0.15) is 0 Å². The molecule has 2 heterocycles. The first-order valence-electron chi connectivity index (χ1n) is 4.71. The maximum atomic E-state index is 12.0. The lowest BCUT2D eigenvalue weighted by atomic mass is 10.5. The molecule has 0 saturated carbocycles. The van der Waals surface area contributed by atoms with Crippen molar-refractivity contribution in [1.82, 2.24) is 9.97 Å². The Hall–Kier alpha value is -1.10. The van der Waals surface area contributed by atoms with E-state index in [1.54, 1.807) is 11.4 Å². The molecule has 2 aromatic heterocycles. The number of thiophene rings is 1. The number of aromatic nitrogens is 2. The zero-order valence-electron chi connectivity index (χ0n) is 8.98. The Balaban J connectivity index is 2.44. The van der Waals surface area contributed by atoms with Crippen molar-refractivity contribution in [1.29, 1.82) is 0 Å². The largest absolute Gasteiger partial charge is 0.235 e. The molecule has 0 saturated heterocycles. The van der Waals surface area contributed by atoms with Crippen LogP contribution in [0, 0.1) is 0 Å². The highest BCUT2D eigenvalue weighted by Gasteiger charge is 2.22. The van der Waals surface area contributed by atoms with Gasteiger partial charge < -0.3 is 0 Å². The van der Waals surface area contributed by atoms with Crippen LogP contribution >= 0.6 is 11.3 Å². The van der Waals surface area contributed by atoms with Gasteiger partial charge in [0.25, 0.3) is 0 Å². The van der Waals surface area contributed by atoms with Crippen molar-refractivity contribution in [2.75, 3.05) is 11.5 Å². The fourth-order valence-electron chi connectivity index (χ4n) is 1.31. The van der Waals surface area contributed by atoms with Gasteiger partial charge in [-0.15, -0.1) is 11.3 Å². The van der Waals surface area contributed by atoms with Crippen LogP contribution in [-0.2, 0) is 19.9 Å². The van der Waals surface area contributed by atoms with E-state index in [1.165, 1.54) is 11.3 Å². The average Bonchev–Trinajstić information content (AvgIpc) is 2.73. The summed E-state index contributed by atoms with van der Waals surface area (Å²) in [6.45, 7) is 0. The van der Waals surface area contributed by atoms with Crippen molar-refractivity contribution in [3.63, 3.8) is 0 Å². The third-order valence-corrected chi connectivity index (χ3v) is 5.85. The zero-order valence-corrected chi connectivity index (χ0v) is 11.4. The van der Waals surface area contributed by atoms with E-state index in [4.69, 9.17) is 5.14 Å². The van der Waals surface area contributed by atoms with Gasteiger partial charge in [-0.05, 0) is 11.4 Å². The van der Waals surface area contributed by atoms with E-state index >= 15 is 0 Å². The number of primary sulfonamides is 1. The SMILES string of the molecule is NS(=O)(=O)CCS(=O)(=O)c1ncnc2ccsc12. The molecule has 0 unspecified atom stereocenters. The smallest absolute Gasteiger partial charge is 0.210 e. The number of nitrogens with two attached hydrogens (primary N) is 1. The molecule has 2 aromatic rings. The molecule has 0 aliphatic rings. The second kappa shape index (κ2) is 4.53. The summed E-state index contributed by atoms with van der Waals surface area (Å²) in [5, 5.41) is 6.34. The van der Waals surface area contributed by atoms with Crippen LogP contribution in [0.15, 0.2) is 22.8 Å². The van der Waals surface area contributed by atoms with Gasteiger partial charge in [0.1, 0.15) is 6.33 Å². The van der Waals surface area contributed by atoms with Gasteiger partial charge in [-0.1, -0.05) is 0 Å². The molecule has 10 heteroatoms. The second-order valence-corrected chi connectivity index (χ2v) is 8.17. The summed E-state index contributed by atoms with van der Waals surface area (Å²) in [5.41, 5.74) is 0.518. The first-order valence-corrected chi connectivity index (χ1v) is 8.96. The summed E-state index contributed by atoms with van der Waals surface area (Å²) in [6, 6.07) is 1.67. The molecule has 0 radical (unpaired) electrons. The van der Waals surface area contributed by atoms with Crippen LogP contribution in [0.25, 0.3) is 10.2 Å². The average molecular weight is 307 g/mol. The molecule has 0 aliphatic heterocycles. The lowest BCUT2D eigenvalue weighted by Crippen LogP contribution is -2.23. The first-order chi connectivity index (χ1) is 8.30. The van der Waals surface area contributed by atoms with Gasteiger partial charge in [-0.25, -0.2) is 31.9 Å². The Morgan fingerprint density at radius 3 is 2.56 bits per heavy atom. The van der Waals surface area contributed by atoms with Crippen molar-refractivity contribution in [3.8, 4) is 0 Å². The fourth-order valence-corrected chi connectivity index (χ4v) is 5.16. The van der Waals surface area contributed by atoms with Crippen molar-refractivity contribution < 1.29 is 16.8 Å². The molecule has 0 aromatic carbocycles. The van der Waals surface area contributed by atoms with Crippen LogP contribution in [0.4, 0.5) is 0 Å². The Morgan fingerprint density at radius 1 is 1.17 bits per heavy atom. The number of hydrogen-bond acceptors (Lipinski definition) is 7. The highest BCUT2D eigenvalue weighted by atomic mass is 32.2. The summed E-state index contributed by atoms with van der Waals surface area (Å²) >= 11 is 1.19. The molecule has 0 bridgehead atoms. The van der Waals surface area contributed by atoms with Gasteiger partial charge in [0.05, 0.1) is 21.7 Å². The Morgan fingerprint density at radius 2 is 1.89 bits per heavy atom. The van der Waals surface area contributed by atoms with Crippen LogP contribution in [0.5, 0.6) is 0 Å². The molecule has 0 amide bonds.